The van der Waals surface area contributed by atoms with Crippen molar-refractivity contribution in [3.05, 3.63) is 62.6 Å². The number of carbonyl (C=O) groups is 1. The molecular formula is C17H19FN4O3. The Hall–Kier alpha value is -2.90. The van der Waals surface area contributed by atoms with Gasteiger partial charge in [-0.15, -0.1) is 0 Å². The van der Waals surface area contributed by atoms with Gasteiger partial charge in [0.15, 0.2) is 0 Å². The second-order valence-corrected chi connectivity index (χ2v) is 6.17. The minimum absolute atomic E-state index is 0.0679. The van der Waals surface area contributed by atoms with E-state index < -0.39 is 11.2 Å². The Balaban J connectivity index is 1.79. The molecule has 1 amide bonds. The summed E-state index contributed by atoms with van der Waals surface area (Å²) in [4.78, 5) is 40.4. The molecule has 25 heavy (non-hydrogen) atoms. The third-order valence-corrected chi connectivity index (χ3v) is 4.50. The molecule has 2 aromatic rings. The number of amides is 1. The summed E-state index contributed by atoms with van der Waals surface area (Å²) in [6, 6.07) is 7.00. The van der Waals surface area contributed by atoms with Gasteiger partial charge < -0.3 is 10.6 Å². The number of halogens is 1. The molecule has 1 aromatic heterocycles. The van der Waals surface area contributed by atoms with Crippen molar-refractivity contribution in [1.82, 2.24) is 9.55 Å². The number of aromatic amines is 1. The van der Waals surface area contributed by atoms with Crippen LogP contribution in [0.1, 0.15) is 18.4 Å². The fourth-order valence-electron chi connectivity index (χ4n) is 3.01. The highest BCUT2D eigenvalue weighted by atomic mass is 19.1. The molecule has 0 radical (unpaired) electrons. The lowest BCUT2D eigenvalue weighted by molar-refractivity contribution is -0.122. The number of carbonyl (C=O) groups excluding carboxylic acids is 1. The van der Waals surface area contributed by atoms with Gasteiger partial charge in [0.2, 0.25) is 5.91 Å². The molecule has 0 atom stereocenters. The summed E-state index contributed by atoms with van der Waals surface area (Å²) < 4.78 is 14.0. The number of primary amides is 1. The fourth-order valence-corrected chi connectivity index (χ4v) is 3.01. The molecule has 0 bridgehead atoms. The van der Waals surface area contributed by atoms with Crippen LogP contribution < -0.4 is 21.9 Å². The highest BCUT2D eigenvalue weighted by molar-refractivity contribution is 5.76. The molecule has 1 saturated heterocycles. The smallest absolute Gasteiger partial charge is 0.330 e. The SMILES string of the molecule is NC(=O)C1CCN(c2cc(=O)n(Cc3ccc(F)cc3)c(=O)[nH]2)CC1. The van der Waals surface area contributed by atoms with E-state index in [0.717, 1.165) is 4.57 Å². The molecule has 3 N–H and O–H groups in total. The third kappa shape index (κ3) is 3.78. The van der Waals surface area contributed by atoms with Gasteiger partial charge in [-0.05, 0) is 30.5 Å². The van der Waals surface area contributed by atoms with Gasteiger partial charge in [0.1, 0.15) is 11.6 Å². The van der Waals surface area contributed by atoms with Crippen LogP contribution in [0.4, 0.5) is 10.2 Å². The molecule has 0 spiro atoms. The molecule has 3 rings (SSSR count). The zero-order valence-corrected chi connectivity index (χ0v) is 13.6. The third-order valence-electron chi connectivity index (χ3n) is 4.50. The minimum atomic E-state index is -0.524. The summed E-state index contributed by atoms with van der Waals surface area (Å²) in [6.45, 7) is 1.16. The van der Waals surface area contributed by atoms with E-state index in [1.807, 2.05) is 4.90 Å². The van der Waals surface area contributed by atoms with Gasteiger partial charge in [-0.25, -0.2) is 9.18 Å². The van der Waals surface area contributed by atoms with Crippen LogP contribution >= 0.6 is 0 Å². The van der Waals surface area contributed by atoms with Gasteiger partial charge in [0, 0.05) is 25.1 Å². The van der Waals surface area contributed by atoms with E-state index in [-0.39, 0.29) is 24.2 Å². The fraction of sp³-hybridized carbons (Fsp3) is 0.353. The second-order valence-electron chi connectivity index (χ2n) is 6.17. The Morgan fingerprint density at radius 1 is 1.20 bits per heavy atom. The summed E-state index contributed by atoms with van der Waals surface area (Å²) in [5.74, 6) is -0.419. The Kier molecular flexibility index (Phi) is 4.69. The highest BCUT2D eigenvalue weighted by Crippen LogP contribution is 2.20. The summed E-state index contributed by atoms with van der Waals surface area (Å²) in [6.07, 6.45) is 1.19. The number of rotatable bonds is 4. The quantitative estimate of drug-likeness (QED) is 0.838. The van der Waals surface area contributed by atoms with Gasteiger partial charge in [0.25, 0.3) is 5.56 Å². The Labute approximate surface area is 142 Å². The molecule has 1 fully saturated rings. The first-order valence-electron chi connectivity index (χ1n) is 8.07. The number of anilines is 1. The number of aromatic nitrogens is 2. The van der Waals surface area contributed by atoms with Crippen molar-refractivity contribution >= 4 is 11.7 Å². The molecule has 0 saturated carbocycles. The number of piperidine rings is 1. The van der Waals surface area contributed by atoms with Crippen LogP contribution in [0.15, 0.2) is 39.9 Å². The van der Waals surface area contributed by atoms with Crippen LogP contribution in [0.5, 0.6) is 0 Å². The summed E-state index contributed by atoms with van der Waals surface area (Å²) in [5, 5.41) is 0. The molecule has 8 heteroatoms. The van der Waals surface area contributed by atoms with Crippen molar-refractivity contribution in [2.24, 2.45) is 11.7 Å². The van der Waals surface area contributed by atoms with E-state index in [1.54, 1.807) is 0 Å². The van der Waals surface area contributed by atoms with Crippen LogP contribution in [0, 0.1) is 11.7 Å². The van der Waals surface area contributed by atoms with E-state index >= 15 is 0 Å². The van der Waals surface area contributed by atoms with Gasteiger partial charge in [-0.1, -0.05) is 12.1 Å². The topological polar surface area (TPSA) is 101 Å². The molecule has 1 aliphatic rings. The molecule has 1 aromatic carbocycles. The van der Waals surface area contributed by atoms with Crippen molar-refractivity contribution in [2.75, 3.05) is 18.0 Å². The molecule has 0 aliphatic carbocycles. The Morgan fingerprint density at radius 3 is 2.40 bits per heavy atom. The van der Waals surface area contributed by atoms with Crippen molar-refractivity contribution in [3.63, 3.8) is 0 Å². The average molecular weight is 346 g/mol. The van der Waals surface area contributed by atoms with Gasteiger partial charge in [-0.3, -0.25) is 19.1 Å². The number of nitrogens with two attached hydrogens (primary N) is 1. The van der Waals surface area contributed by atoms with Crippen LogP contribution in [0.3, 0.4) is 0 Å². The van der Waals surface area contributed by atoms with Crippen molar-refractivity contribution in [1.29, 1.82) is 0 Å². The maximum absolute atomic E-state index is 12.9. The van der Waals surface area contributed by atoms with Gasteiger partial charge >= 0.3 is 5.69 Å². The standard InChI is InChI=1S/C17H19FN4O3/c18-13-3-1-11(2-4-13)10-22-15(23)9-14(20-17(22)25)21-7-5-12(6-8-21)16(19)24/h1-4,9,12H,5-8,10H2,(H2,19,24)(H,20,25). The Bertz CT molecular complexity index is 849. The molecule has 7 nitrogen and oxygen atoms in total. The number of H-pyrrole nitrogens is 1. The lowest BCUT2D eigenvalue weighted by Gasteiger charge is -2.31. The van der Waals surface area contributed by atoms with E-state index in [9.17, 15) is 18.8 Å². The van der Waals surface area contributed by atoms with E-state index in [2.05, 4.69) is 4.98 Å². The van der Waals surface area contributed by atoms with E-state index in [1.165, 1.54) is 30.3 Å². The van der Waals surface area contributed by atoms with Crippen molar-refractivity contribution < 1.29 is 9.18 Å². The van der Waals surface area contributed by atoms with Crippen LogP contribution in [0.25, 0.3) is 0 Å². The van der Waals surface area contributed by atoms with Crippen molar-refractivity contribution in [3.8, 4) is 0 Å². The first kappa shape index (κ1) is 16.9. The van der Waals surface area contributed by atoms with Crippen LogP contribution in [0.2, 0.25) is 0 Å². The molecule has 0 unspecified atom stereocenters. The summed E-state index contributed by atoms with van der Waals surface area (Å²) in [5.41, 5.74) is 5.01. The zero-order chi connectivity index (χ0) is 18.0. The molecule has 132 valence electrons. The van der Waals surface area contributed by atoms with Crippen LogP contribution in [-0.2, 0) is 11.3 Å². The average Bonchev–Trinajstić information content (AvgIpc) is 2.59. The van der Waals surface area contributed by atoms with Gasteiger partial charge in [0.05, 0.1) is 6.54 Å². The number of hydrogen-bond donors (Lipinski definition) is 2. The lowest BCUT2D eigenvalue weighted by atomic mass is 9.96. The predicted molar refractivity (Wildman–Crippen MR) is 91.0 cm³/mol. The highest BCUT2D eigenvalue weighted by Gasteiger charge is 2.24. The summed E-state index contributed by atoms with van der Waals surface area (Å²) >= 11 is 0. The van der Waals surface area contributed by atoms with Gasteiger partial charge in [-0.2, -0.15) is 0 Å². The normalized spacial score (nSPS) is 15.3. The Morgan fingerprint density at radius 2 is 1.84 bits per heavy atom. The number of nitrogens with one attached hydrogen (secondary N) is 1. The zero-order valence-electron chi connectivity index (χ0n) is 13.6. The maximum Gasteiger partial charge on any atom is 0.330 e. The number of benzene rings is 1. The van der Waals surface area contributed by atoms with Crippen LogP contribution in [-0.4, -0.2) is 28.5 Å². The van der Waals surface area contributed by atoms with Crippen molar-refractivity contribution in [2.45, 2.75) is 19.4 Å². The molecule has 2 heterocycles. The maximum atomic E-state index is 12.9. The van der Waals surface area contributed by atoms with E-state index in [4.69, 9.17) is 5.73 Å². The summed E-state index contributed by atoms with van der Waals surface area (Å²) in [7, 11) is 0. The number of hydrogen-bond acceptors (Lipinski definition) is 4. The lowest BCUT2D eigenvalue weighted by Crippen LogP contribution is -2.42. The number of nitrogens with zero attached hydrogens (tertiary/aromatic N) is 2. The first-order chi connectivity index (χ1) is 11.9. The largest absolute Gasteiger partial charge is 0.369 e. The molecule has 1 aliphatic heterocycles. The van der Waals surface area contributed by atoms with E-state index in [0.29, 0.717) is 37.3 Å². The monoisotopic (exact) mass is 346 g/mol. The predicted octanol–water partition coefficient (Wildman–Crippen LogP) is 0.426. The first-order valence-corrected chi connectivity index (χ1v) is 8.07. The minimum Gasteiger partial charge on any atom is -0.369 e. The molecular weight excluding hydrogens is 327 g/mol. The second kappa shape index (κ2) is 6.92.